The van der Waals surface area contributed by atoms with Crippen LogP contribution in [0.3, 0.4) is 0 Å². The lowest BCUT2D eigenvalue weighted by molar-refractivity contribution is 0.108. The van der Waals surface area contributed by atoms with Crippen LogP contribution in [0.5, 0.6) is 11.6 Å². The number of hydrogen-bond acceptors (Lipinski definition) is 6. The minimum absolute atomic E-state index is 0.0519. The molecule has 190 valence electrons. The fourth-order valence-corrected chi connectivity index (χ4v) is 4.99. The Labute approximate surface area is 215 Å². The van der Waals surface area contributed by atoms with Gasteiger partial charge in [-0.15, -0.1) is 0 Å². The number of nitrogens with one attached hydrogen (secondary N) is 1. The third-order valence-corrected chi connectivity index (χ3v) is 7.49. The zero-order valence-electron chi connectivity index (χ0n) is 21.1. The van der Waals surface area contributed by atoms with Crippen LogP contribution in [0.1, 0.15) is 50.8 Å². The van der Waals surface area contributed by atoms with E-state index >= 15 is 0 Å². The van der Waals surface area contributed by atoms with E-state index in [1.807, 2.05) is 56.3 Å². The van der Waals surface area contributed by atoms with Crippen LogP contribution in [0, 0.1) is 12.8 Å². The van der Waals surface area contributed by atoms with Crippen molar-refractivity contribution in [2.75, 3.05) is 11.1 Å². The number of anilines is 2. The van der Waals surface area contributed by atoms with Crippen molar-refractivity contribution in [3.05, 3.63) is 60.6 Å². The summed E-state index contributed by atoms with van der Waals surface area (Å²) in [5, 5.41) is 3.83. The van der Waals surface area contributed by atoms with Gasteiger partial charge in [0.1, 0.15) is 11.9 Å². The maximum atomic E-state index is 12.3. The highest BCUT2D eigenvalue weighted by Crippen LogP contribution is 2.45. The first-order valence-electron chi connectivity index (χ1n) is 12.9. The van der Waals surface area contributed by atoms with Gasteiger partial charge in [0, 0.05) is 41.1 Å². The van der Waals surface area contributed by atoms with Crippen LogP contribution in [0.25, 0.3) is 22.2 Å². The van der Waals surface area contributed by atoms with Gasteiger partial charge in [0.15, 0.2) is 0 Å². The van der Waals surface area contributed by atoms with Crippen molar-refractivity contribution in [3.8, 4) is 22.9 Å². The largest absolute Gasteiger partial charge is 0.446 e. The summed E-state index contributed by atoms with van der Waals surface area (Å²) in [6.07, 6.45) is 8.48. The first kappa shape index (κ1) is 23.3. The molecule has 0 spiro atoms. The zero-order valence-corrected chi connectivity index (χ0v) is 21.1. The molecule has 0 radical (unpaired) electrons. The molecule has 4 aromatic rings. The highest BCUT2D eigenvalue weighted by Gasteiger charge is 2.31. The number of hydrogen-bond donors (Lipinski definition) is 2. The standard InChI is InChI=1S/C29H31N5O3/c1-17-28(32-15-14-31-17)37-23-12-13-24-25(16-23)34(22-4-3-5-22)27(26(24)30)20-8-10-21(11-9-20)33-29(35)36-18(2)19-6-7-19/h8-16,18-19,22H,3-7,30H2,1-2H3,(H,33,35)/t18-/m1/s1. The number of ether oxygens (including phenoxy) is 2. The van der Waals surface area contributed by atoms with Crippen LogP contribution in [-0.2, 0) is 4.74 Å². The molecule has 2 fully saturated rings. The van der Waals surface area contributed by atoms with Gasteiger partial charge in [0.2, 0.25) is 5.88 Å². The predicted molar refractivity (Wildman–Crippen MR) is 144 cm³/mol. The second kappa shape index (κ2) is 9.42. The number of rotatable bonds is 7. The Hall–Kier alpha value is -4.07. The van der Waals surface area contributed by atoms with Crippen LogP contribution in [-0.4, -0.2) is 26.7 Å². The van der Waals surface area contributed by atoms with Gasteiger partial charge in [-0.25, -0.2) is 9.78 Å². The minimum atomic E-state index is -0.416. The van der Waals surface area contributed by atoms with Gasteiger partial charge >= 0.3 is 6.09 Å². The number of fused-ring (bicyclic) bond motifs is 1. The van der Waals surface area contributed by atoms with E-state index in [1.165, 1.54) is 6.42 Å². The maximum absolute atomic E-state index is 12.3. The topological polar surface area (TPSA) is 104 Å². The molecule has 8 nitrogen and oxygen atoms in total. The molecule has 0 unspecified atom stereocenters. The number of carbonyl (C=O) groups excluding carboxylic acids is 1. The Bertz CT molecular complexity index is 1450. The van der Waals surface area contributed by atoms with E-state index < -0.39 is 6.09 Å². The van der Waals surface area contributed by atoms with Gasteiger partial charge in [-0.05, 0) is 76.1 Å². The van der Waals surface area contributed by atoms with Crippen LogP contribution in [0.2, 0.25) is 0 Å². The highest BCUT2D eigenvalue weighted by atomic mass is 16.6. The van der Waals surface area contributed by atoms with Crippen molar-refractivity contribution in [2.24, 2.45) is 5.92 Å². The van der Waals surface area contributed by atoms with E-state index in [4.69, 9.17) is 15.2 Å². The van der Waals surface area contributed by atoms with Crippen molar-refractivity contribution in [2.45, 2.75) is 58.1 Å². The van der Waals surface area contributed by atoms with Gasteiger partial charge in [-0.3, -0.25) is 10.3 Å². The van der Waals surface area contributed by atoms with Gasteiger partial charge < -0.3 is 19.8 Å². The monoisotopic (exact) mass is 497 g/mol. The SMILES string of the molecule is Cc1nccnc1Oc1ccc2c(N)c(-c3ccc(NC(=O)O[C@H](C)C4CC4)cc3)n(C3CCC3)c2c1. The summed E-state index contributed by atoms with van der Waals surface area (Å²) in [6.45, 7) is 3.83. The number of carbonyl (C=O) groups is 1. The number of aromatic nitrogens is 3. The Morgan fingerprint density at radius 3 is 2.51 bits per heavy atom. The van der Waals surface area contributed by atoms with Gasteiger partial charge in [0.05, 0.1) is 22.6 Å². The van der Waals surface area contributed by atoms with Crippen molar-refractivity contribution in [3.63, 3.8) is 0 Å². The molecule has 0 saturated heterocycles. The summed E-state index contributed by atoms with van der Waals surface area (Å²) in [6, 6.07) is 14.1. The summed E-state index contributed by atoms with van der Waals surface area (Å²) in [7, 11) is 0. The second-order valence-corrected chi connectivity index (χ2v) is 10.1. The third-order valence-electron chi connectivity index (χ3n) is 7.49. The quantitative estimate of drug-likeness (QED) is 0.289. The number of amides is 1. The first-order valence-corrected chi connectivity index (χ1v) is 12.9. The lowest BCUT2D eigenvalue weighted by atomic mass is 9.92. The molecule has 0 aliphatic heterocycles. The highest BCUT2D eigenvalue weighted by molar-refractivity contribution is 6.01. The van der Waals surface area contributed by atoms with Crippen LogP contribution < -0.4 is 15.8 Å². The van der Waals surface area contributed by atoms with Gasteiger partial charge in [0.25, 0.3) is 0 Å². The first-order chi connectivity index (χ1) is 18.0. The molecular formula is C29H31N5O3. The Kier molecular flexibility index (Phi) is 5.94. The molecule has 3 N–H and O–H groups in total. The number of nitrogen functional groups attached to an aromatic ring is 1. The summed E-state index contributed by atoms with van der Waals surface area (Å²) >= 11 is 0. The summed E-state index contributed by atoms with van der Waals surface area (Å²) < 4.78 is 13.9. The van der Waals surface area contributed by atoms with Crippen LogP contribution in [0.15, 0.2) is 54.9 Å². The molecule has 2 aromatic carbocycles. The average Bonchev–Trinajstić information content (AvgIpc) is 3.67. The van der Waals surface area contributed by atoms with Crippen LogP contribution in [0.4, 0.5) is 16.2 Å². The fraction of sp³-hybridized carbons (Fsp3) is 0.345. The van der Waals surface area contributed by atoms with Crippen molar-refractivity contribution in [1.82, 2.24) is 14.5 Å². The summed E-state index contributed by atoms with van der Waals surface area (Å²) in [5.74, 6) is 1.68. The van der Waals surface area contributed by atoms with Crippen molar-refractivity contribution >= 4 is 28.4 Å². The third kappa shape index (κ3) is 4.59. The lowest BCUT2D eigenvalue weighted by Crippen LogP contribution is -2.21. The maximum Gasteiger partial charge on any atom is 0.411 e. The molecule has 2 heterocycles. The Balaban J connectivity index is 1.31. The molecule has 37 heavy (non-hydrogen) atoms. The molecule has 8 heteroatoms. The molecule has 1 amide bonds. The molecule has 2 aliphatic carbocycles. The molecule has 2 aromatic heterocycles. The predicted octanol–water partition coefficient (Wildman–Crippen LogP) is 6.85. The van der Waals surface area contributed by atoms with Gasteiger partial charge in [-0.2, -0.15) is 0 Å². The van der Waals surface area contributed by atoms with E-state index in [-0.39, 0.29) is 6.10 Å². The minimum Gasteiger partial charge on any atom is -0.446 e. The Morgan fingerprint density at radius 1 is 1.08 bits per heavy atom. The molecule has 2 aliphatic rings. The molecule has 6 rings (SSSR count). The van der Waals surface area contributed by atoms with Gasteiger partial charge in [-0.1, -0.05) is 12.1 Å². The number of nitrogens with zero attached hydrogens (tertiary/aromatic N) is 3. The molecular weight excluding hydrogens is 466 g/mol. The average molecular weight is 498 g/mol. The summed E-state index contributed by atoms with van der Waals surface area (Å²) in [4.78, 5) is 20.9. The van der Waals surface area contributed by atoms with Crippen LogP contribution >= 0.6 is 0 Å². The molecule has 1 atom stereocenters. The number of benzene rings is 2. The van der Waals surface area contributed by atoms with E-state index in [2.05, 4.69) is 19.9 Å². The van der Waals surface area contributed by atoms with E-state index in [1.54, 1.807) is 12.4 Å². The number of aryl methyl sites for hydroxylation is 1. The zero-order chi connectivity index (χ0) is 25.5. The van der Waals surface area contributed by atoms with Crippen molar-refractivity contribution < 1.29 is 14.3 Å². The van der Waals surface area contributed by atoms with E-state index in [0.717, 1.165) is 59.2 Å². The smallest absolute Gasteiger partial charge is 0.411 e. The van der Waals surface area contributed by atoms with E-state index in [0.29, 0.717) is 29.3 Å². The van der Waals surface area contributed by atoms with E-state index in [9.17, 15) is 4.79 Å². The summed E-state index contributed by atoms with van der Waals surface area (Å²) in [5.41, 5.74) is 11.9. The number of nitrogens with two attached hydrogens (primary N) is 1. The fourth-order valence-electron chi connectivity index (χ4n) is 4.99. The normalized spacial score (nSPS) is 16.3. The lowest BCUT2D eigenvalue weighted by Gasteiger charge is -2.30. The molecule has 0 bridgehead atoms. The molecule has 2 saturated carbocycles. The Morgan fingerprint density at radius 2 is 1.84 bits per heavy atom. The second-order valence-electron chi connectivity index (χ2n) is 10.1. The van der Waals surface area contributed by atoms with Crippen molar-refractivity contribution in [1.29, 1.82) is 0 Å².